The van der Waals surface area contributed by atoms with Crippen LogP contribution in [0.25, 0.3) is 0 Å². The van der Waals surface area contributed by atoms with Crippen LogP contribution in [0.1, 0.15) is 36.0 Å². The van der Waals surface area contributed by atoms with Crippen molar-refractivity contribution in [1.82, 2.24) is 10.6 Å². The summed E-state index contributed by atoms with van der Waals surface area (Å²) in [6.45, 7) is 0. The first kappa shape index (κ1) is 21.4. The zero-order chi connectivity index (χ0) is 22.7. The Hall–Kier alpha value is -3.88. The molecule has 1 heterocycles. The number of ether oxygens (including phenoxy) is 1. The molecular weight excluding hydrogens is 412 g/mol. The fraction of sp³-hybridized carbons (Fsp3) is 0.304. The molecule has 1 aliphatic heterocycles. The number of imide groups is 1. The summed E-state index contributed by atoms with van der Waals surface area (Å²) in [6.07, 6.45) is 1.69. The zero-order valence-corrected chi connectivity index (χ0v) is 17.6. The van der Waals surface area contributed by atoms with Gasteiger partial charge in [0, 0.05) is 17.7 Å². The third-order valence-corrected chi connectivity index (χ3v) is 5.98. The van der Waals surface area contributed by atoms with E-state index in [1.807, 2.05) is 0 Å². The minimum atomic E-state index is -0.914. The van der Waals surface area contributed by atoms with Crippen LogP contribution in [0.15, 0.2) is 48.5 Å². The number of methoxy groups -OCH3 is 1. The normalized spacial score (nSPS) is 22.1. The van der Waals surface area contributed by atoms with Gasteiger partial charge in [0.1, 0.15) is 11.3 Å². The highest BCUT2D eigenvalue weighted by atomic mass is 16.5. The highest BCUT2D eigenvalue weighted by molar-refractivity contribution is 6.10. The van der Waals surface area contributed by atoms with E-state index in [1.165, 1.54) is 0 Å². The molecule has 4 rings (SSSR count). The maximum atomic E-state index is 12.9. The first-order chi connectivity index (χ1) is 15.4. The van der Waals surface area contributed by atoms with Crippen LogP contribution in [-0.2, 0) is 9.59 Å². The van der Waals surface area contributed by atoms with Crippen molar-refractivity contribution in [1.29, 1.82) is 0 Å². The second-order valence-electron chi connectivity index (χ2n) is 7.99. The van der Waals surface area contributed by atoms with Crippen molar-refractivity contribution in [3.8, 4) is 5.75 Å². The summed E-state index contributed by atoms with van der Waals surface area (Å²) < 4.78 is 5.18. The Balaban J connectivity index is 1.42. The lowest BCUT2D eigenvalue weighted by Crippen LogP contribution is -2.50. The summed E-state index contributed by atoms with van der Waals surface area (Å²) in [5.74, 6) is -0.610. The molecule has 0 bridgehead atoms. The van der Waals surface area contributed by atoms with E-state index < -0.39 is 11.6 Å². The summed E-state index contributed by atoms with van der Waals surface area (Å²) in [4.78, 5) is 49.3. The van der Waals surface area contributed by atoms with Crippen molar-refractivity contribution in [3.63, 3.8) is 0 Å². The number of urea groups is 1. The molecule has 1 aliphatic carbocycles. The van der Waals surface area contributed by atoms with Crippen LogP contribution in [0.4, 0.5) is 16.2 Å². The van der Waals surface area contributed by atoms with Gasteiger partial charge in [0.15, 0.2) is 0 Å². The quantitative estimate of drug-likeness (QED) is 0.536. The minimum absolute atomic E-state index is 0.216. The van der Waals surface area contributed by atoms with E-state index in [1.54, 1.807) is 55.6 Å². The third kappa shape index (κ3) is 4.27. The lowest BCUT2D eigenvalue weighted by molar-refractivity contribution is -0.128. The van der Waals surface area contributed by atoms with Crippen molar-refractivity contribution in [2.24, 2.45) is 5.92 Å². The maximum absolute atomic E-state index is 12.9. The molecule has 32 heavy (non-hydrogen) atoms. The molecule has 0 unspecified atom stereocenters. The van der Waals surface area contributed by atoms with Gasteiger partial charge in [-0.3, -0.25) is 19.7 Å². The van der Waals surface area contributed by atoms with Crippen LogP contribution < -0.4 is 26.0 Å². The number of hydrogen-bond acceptors (Lipinski definition) is 5. The molecule has 166 valence electrons. The highest BCUT2D eigenvalue weighted by Crippen LogP contribution is 2.35. The lowest BCUT2D eigenvalue weighted by Gasteiger charge is -2.33. The number of nitrogens with one attached hydrogen (secondary N) is 4. The van der Waals surface area contributed by atoms with Gasteiger partial charge in [0.2, 0.25) is 5.91 Å². The Labute approximate surface area is 184 Å². The average molecular weight is 436 g/mol. The Morgan fingerprint density at radius 3 is 2.47 bits per heavy atom. The topological polar surface area (TPSA) is 126 Å². The van der Waals surface area contributed by atoms with Crippen LogP contribution in [0, 0.1) is 5.92 Å². The van der Waals surface area contributed by atoms with Gasteiger partial charge in [0.25, 0.3) is 11.8 Å². The van der Waals surface area contributed by atoms with Gasteiger partial charge >= 0.3 is 6.03 Å². The van der Waals surface area contributed by atoms with Crippen LogP contribution in [-0.4, -0.2) is 36.4 Å². The van der Waals surface area contributed by atoms with Crippen LogP contribution in [0.5, 0.6) is 5.75 Å². The largest absolute Gasteiger partial charge is 0.497 e. The molecule has 0 radical (unpaired) electrons. The number of carbonyl (C=O) groups is 4. The Morgan fingerprint density at radius 1 is 1.03 bits per heavy atom. The van der Waals surface area contributed by atoms with Gasteiger partial charge < -0.3 is 20.7 Å². The molecular formula is C23H24N4O5. The molecule has 5 amide bonds. The van der Waals surface area contributed by atoms with E-state index in [-0.39, 0.29) is 23.6 Å². The molecule has 2 aromatic carbocycles. The van der Waals surface area contributed by atoms with Crippen molar-refractivity contribution in [2.45, 2.75) is 31.2 Å². The minimum Gasteiger partial charge on any atom is -0.497 e. The number of anilines is 2. The molecule has 1 saturated carbocycles. The van der Waals surface area contributed by atoms with E-state index in [9.17, 15) is 19.2 Å². The number of hydrogen-bond donors (Lipinski definition) is 4. The summed E-state index contributed by atoms with van der Waals surface area (Å²) in [5, 5.41) is 10.6. The number of amides is 5. The van der Waals surface area contributed by atoms with Gasteiger partial charge in [-0.1, -0.05) is 18.2 Å². The van der Waals surface area contributed by atoms with Gasteiger partial charge in [-0.2, -0.15) is 0 Å². The van der Waals surface area contributed by atoms with E-state index in [0.29, 0.717) is 48.4 Å². The predicted octanol–water partition coefficient (Wildman–Crippen LogP) is 2.65. The van der Waals surface area contributed by atoms with Crippen molar-refractivity contribution < 1.29 is 23.9 Å². The van der Waals surface area contributed by atoms with E-state index in [2.05, 4.69) is 21.3 Å². The number of rotatable bonds is 5. The van der Waals surface area contributed by atoms with E-state index in [0.717, 1.165) is 0 Å². The van der Waals surface area contributed by atoms with Crippen molar-refractivity contribution in [2.75, 3.05) is 17.7 Å². The monoisotopic (exact) mass is 436 g/mol. The van der Waals surface area contributed by atoms with Crippen LogP contribution in [0.3, 0.4) is 0 Å². The molecule has 0 atom stereocenters. The molecule has 4 N–H and O–H groups in total. The number of benzene rings is 2. The highest BCUT2D eigenvalue weighted by Gasteiger charge is 2.48. The standard InChI is InChI=1S/C23H24N4O5/c1-32-16-6-4-5-15(13-16)24-20(29)17-7-2-3-8-18(17)25-19(28)14-9-11-23(12-10-14)21(30)26-22(31)27-23/h2-8,13-14H,9-12H2,1H3,(H,24,29)(H,25,28)(H2,26,27,30,31). The number of para-hydroxylation sites is 1. The molecule has 1 saturated heterocycles. The molecule has 2 fully saturated rings. The fourth-order valence-electron chi connectivity index (χ4n) is 4.18. The Kier molecular flexibility index (Phi) is 5.81. The summed E-state index contributed by atoms with van der Waals surface area (Å²) in [6, 6.07) is 13.3. The van der Waals surface area contributed by atoms with Crippen molar-refractivity contribution >= 4 is 35.1 Å². The van der Waals surface area contributed by atoms with Gasteiger partial charge in [-0.05, 0) is 49.9 Å². The van der Waals surface area contributed by atoms with Crippen LogP contribution in [0.2, 0.25) is 0 Å². The molecule has 1 spiro atoms. The Bertz CT molecular complexity index is 1080. The second-order valence-corrected chi connectivity index (χ2v) is 7.99. The summed E-state index contributed by atoms with van der Waals surface area (Å²) in [5.41, 5.74) is 0.399. The summed E-state index contributed by atoms with van der Waals surface area (Å²) in [7, 11) is 1.55. The SMILES string of the molecule is COc1cccc(NC(=O)c2ccccc2NC(=O)C2CCC3(CC2)NC(=O)NC3=O)c1. The van der Waals surface area contributed by atoms with Gasteiger partial charge in [-0.15, -0.1) is 0 Å². The van der Waals surface area contributed by atoms with E-state index in [4.69, 9.17) is 4.74 Å². The number of carbonyl (C=O) groups excluding carboxylic acids is 4. The first-order valence-electron chi connectivity index (χ1n) is 10.4. The van der Waals surface area contributed by atoms with E-state index >= 15 is 0 Å². The first-order valence-corrected chi connectivity index (χ1v) is 10.4. The lowest BCUT2D eigenvalue weighted by atomic mass is 9.76. The smallest absolute Gasteiger partial charge is 0.322 e. The predicted molar refractivity (Wildman–Crippen MR) is 117 cm³/mol. The molecule has 9 heteroatoms. The van der Waals surface area contributed by atoms with Crippen molar-refractivity contribution in [3.05, 3.63) is 54.1 Å². The maximum Gasteiger partial charge on any atom is 0.322 e. The van der Waals surface area contributed by atoms with Gasteiger partial charge in [0.05, 0.1) is 18.4 Å². The molecule has 9 nitrogen and oxygen atoms in total. The van der Waals surface area contributed by atoms with Crippen LogP contribution >= 0.6 is 0 Å². The second kappa shape index (κ2) is 8.70. The summed E-state index contributed by atoms with van der Waals surface area (Å²) >= 11 is 0. The molecule has 2 aliphatic rings. The average Bonchev–Trinajstić information content (AvgIpc) is 3.06. The fourth-order valence-corrected chi connectivity index (χ4v) is 4.18. The zero-order valence-electron chi connectivity index (χ0n) is 17.6. The van der Waals surface area contributed by atoms with Gasteiger partial charge in [-0.25, -0.2) is 4.79 Å². The molecule has 0 aromatic heterocycles. The third-order valence-electron chi connectivity index (χ3n) is 5.98. The molecule has 2 aromatic rings. The Morgan fingerprint density at radius 2 is 1.78 bits per heavy atom.